The molecule has 0 heterocycles. The van der Waals surface area contributed by atoms with Crippen molar-refractivity contribution in [2.24, 2.45) is 11.7 Å². The van der Waals surface area contributed by atoms with Crippen molar-refractivity contribution in [2.75, 3.05) is 14.2 Å². The zero-order valence-corrected chi connectivity index (χ0v) is 10.8. The van der Waals surface area contributed by atoms with Gasteiger partial charge in [-0.1, -0.05) is 13.8 Å². The molecule has 0 aromatic carbocycles. The van der Waals surface area contributed by atoms with Crippen molar-refractivity contribution in [3.63, 3.8) is 0 Å². The fourth-order valence-corrected chi connectivity index (χ4v) is 1.52. The minimum atomic E-state index is -0.475. The maximum absolute atomic E-state index is 11.7. The third kappa shape index (κ3) is 5.44. The Labute approximate surface area is 97.7 Å². The Kier molecular flexibility index (Phi) is 7.29. The molecule has 96 valence electrons. The highest BCUT2D eigenvalue weighted by Crippen LogP contribution is 2.04. The van der Waals surface area contributed by atoms with Gasteiger partial charge in [-0.25, -0.2) is 0 Å². The molecule has 0 aliphatic rings. The van der Waals surface area contributed by atoms with Crippen molar-refractivity contribution in [3.8, 4) is 0 Å². The fourth-order valence-electron chi connectivity index (χ4n) is 1.52. The van der Waals surface area contributed by atoms with Crippen LogP contribution in [0.3, 0.4) is 0 Å². The van der Waals surface area contributed by atoms with E-state index in [1.54, 1.807) is 0 Å². The average Bonchev–Trinajstić information content (AvgIpc) is 2.18. The van der Waals surface area contributed by atoms with E-state index in [9.17, 15) is 4.79 Å². The Morgan fingerprint density at radius 3 is 2.12 bits per heavy atom. The molecule has 1 amide bonds. The number of carbonyl (C=O) groups excluding carboxylic acids is 1. The number of amides is 1. The lowest BCUT2D eigenvalue weighted by atomic mass is 10.0. The van der Waals surface area contributed by atoms with Crippen LogP contribution < -0.4 is 11.1 Å². The topological polar surface area (TPSA) is 73.6 Å². The van der Waals surface area contributed by atoms with Crippen molar-refractivity contribution in [1.29, 1.82) is 0 Å². The first-order valence-corrected chi connectivity index (χ1v) is 5.53. The SMILES string of the molecule is COC(OC)C(C)NC(=O)[C@@H](N)CC(C)C. The van der Waals surface area contributed by atoms with Crippen LogP contribution in [0.5, 0.6) is 0 Å². The largest absolute Gasteiger partial charge is 0.354 e. The molecule has 0 radical (unpaired) electrons. The molecule has 1 unspecified atom stereocenters. The van der Waals surface area contributed by atoms with E-state index >= 15 is 0 Å². The standard InChI is InChI=1S/C11H24N2O3/c1-7(2)6-9(12)10(14)13-8(3)11(15-4)16-5/h7-9,11H,6,12H2,1-5H3,(H,13,14)/t8?,9-/m0/s1. The van der Waals surface area contributed by atoms with E-state index in [0.717, 1.165) is 0 Å². The van der Waals surface area contributed by atoms with Gasteiger partial charge < -0.3 is 20.5 Å². The zero-order valence-electron chi connectivity index (χ0n) is 10.8. The Hall–Kier alpha value is -0.650. The Bertz CT molecular complexity index is 205. The van der Waals surface area contributed by atoms with Gasteiger partial charge in [0.2, 0.25) is 5.91 Å². The highest BCUT2D eigenvalue weighted by Gasteiger charge is 2.21. The minimum absolute atomic E-state index is 0.166. The highest BCUT2D eigenvalue weighted by molar-refractivity contribution is 5.81. The van der Waals surface area contributed by atoms with E-state index in [1.165, 1.54) is 14.2 Å². The van der Waals surface area contributed by atoms with Gasteiger partial charge >= 0.3 is 0 Å². The van der Waals surface area contributed by atoms with Gasteiger partial charge in [-0.2, -0.15) is 0 Å². The summed E-state index contributed by atoms with van der Waals surface area (Å²) < 4.78 is 10.1. The normalized spacial score (nSPS) is 15.2. The molecule has 5 heteroatoms. The molecule has 0 saturated heterocycles. The fraction of sp³-hybridized carbons (Fsp3) is 0.909. The van der Waals surface area contributed by atoms with Gasteiger partial charge in [-0.3, -0.25) is 4.79 Å². The number of rotatable bonds is 7. The van der Waals surface area contributed by atoms with Crippen LogP contribution in [-0.4, -0.2) is 38.5 Å². The molecule has 5 nitrogen and oxygen atoms in total. The van der Waals surface area contributed by atoms with Crippen LogP contribution in [-0.2, 0) is 14.3 Å². The summed E-state index contributed by atoms with van der Waals surface area (Å²) in [6.45, 7) is 5.88. The summed E-state index contributed by atoms with van der Waals surface area (Å²) in [4.78, 5) is 11.7. The quantitative estimate of drug-likeness (QED) is 0.626. The lowest BCUT2D eigenvalue weighted by Crippen LogP contribution is -2.49. The zero-order chi connectivity index (χ0) is 12.7. The first-order valence-electron chi connectivity index (χ1n) is 5.53. The van der Waals surface area contributed by atoms with E-state index in [1.807, 2.05) is 20.8 Å². The highest BCUT2D eigenvalue weighted by atomic mass is 16.7. The number of carbonyl (C=O) groups is 1. The monoisotopic (exact) mass is 232 g/mol. The molecular weight excluding hydrogens is 208 g/mol. The van der Waals surface area contributed by atoms with Gasteiger partial charge in [0, 0.05) is 14.2 Å². The summed E-state index contributed by atoms with van der Waals surface area (Å²) in [5.74, 6) is 0.233. The van der Waals surface area contributed by atoms with Crippen molar-refractivity contribution >= 4 is 5.91 Å². The minimum Gasteiger partial charge on any atom is -0.354 e. The molecule has 0 aliphatic carbocycles. The number of methoxy groups -OCH3 is 2. The molecule has 0 bridgehead atoms. The van der Waals surface area contributed by atoms with Crippen LogP contribution in [0.1, 0.15) is 27.2 Å². The summed E-state index contributed by atoms with van der Waals surface area (Å²) in [7, 11) is 3.07. The van der Waals surface area contributed by atoms with Gasteiger partial charge in [-0.05, 0) is 19.3 Å². The molecule has 16 heavy (non-hydrogen) atoms. The number of nitrogens with one attached hydrogen (secondary N) is 1. The predicted octanol–water partition coefficient (Wildman–Crippen LogP) is 0.483. The molecule has 0 aromatic heterocycles. The van der Waals surface area contributed by atoms with Crippen LogP contribution >= 0.6 is 0 Å². The molecule has 0 saturated carbocycles. The smallest absolute Gasteiger partial charge is 0.237 e. The molecule has 0 aromatic rings. The Morgan fingerprint density at radius 1 is 1.25 bits per heavy atom. The lowest BCUT2D eigenvalue weighted by Gasteiger charge is -2.24. The molecule has 2 atom stereocenters. The molecule has 0 aliphatic heterocycles. The Morgan fingerprint density at radius 2 is 1.75 bits per heavy atom. The van der Waals surface area contributed by atoms with Gasteiger partial charge in [0.05, 0.1) is 12.1 Å². The molecule has 0 rings (SSSR count). The summed E-state index contributed by atoms with van der Waals surface area (Å²) >= 11 is 0. The van der Waals surface area contributed by atoms with E-state index in [-0.39, 0.29) is 11.9 Å². The average molecular weight is 232 g/mol. The van der Waals surface area contributed by atoms with E-state index < -0.39 is 12.3 Å². The summed E-state index contributed by atoms with van der Waals surface area (Å²) in [5, 5.41) is 2.77. The van der Waals surface area contributed by atoms with Gasteiger partial charge in [0.25, 0.3) is 0 Å². The van der Waals surface area contributed by atoms with Crippen molar-refractivity contribution < 1.29 is 14.3 Å². The molecule has 0 fully saturated rings. The lowest BCUT2D eigenvalue weighted by molar-refractivity contribution is -0.136. The van der Waals surface area contributed by atoms with Crippen LogP contribution in [0.25, 0.3) is 0 Å². The molecular formula is C11H24N2O3. The third-order valence-electron chi connectivity index (χ3n) is 2.30. The van der Waals surface area contributed by atoms with Gasteiger partial charge in [-0.15, -0.1) is 0 Å². The van der Waals surface area contributed by atoms with Crippen molar-refractivity contribution in [3.05, 3.63) is 0 Å². The second-order valence-electron chi connectivity index (χ2n) is 4.37. The predicted molar refractivity (Wildman–Crippen MR) is 62.8 cm³/mol. The maximum atomic E-state index is 11.7. The van der Waals surface area contributed by atoms with Gasteiger partial charge in [0.1, 0.15) is 0 Å². The van der Waals surface area contributed by atoms with Crippen LogP contribution in [0, 0.1) is 5.92 Å². The second-order valence-corrected chi connectivity index (χ2v) is 4.37. The molecule has 0 spiro atoms. The summed E-state index contributed by atoms with van der Waals surface area (Å²) in [6.07, 6.45) is 0.221. The molecule has 3 N–H and O–H groups in total. The number of nitrogens with two attached hydrogens (primary N) is 1. The van der Waals surface area contributed by atoms with E-state index in [4.69, 9.17) is 15.2 Å². The van der Waals surface area contributed by atoms with E-state index in [0.29, 0.717) is 12.3 Å². The summed E-state index contributed by atoms with van der Waals surface area (Å²) in [6, 6.07) is -0.697. The van der Waals surface area contributed by atoms with Gasteiger partial charge in [0.15, 0.2) is 6.29 Å². The maximum Gasteiger partial charge on any atom is 0.237 e. The van der Waals surface area contributed by atoms with Crippen molar-refractivity contribution in [1.82, 2.24) is 5.32 Å². The third-order valence-corrected chi connectivity index (χ3v) is 2.30. The Balaban J connectivity index is 4.12. The first kappa shape index (κ1) is 15.3. The number of hydrogen-bond acceptors (Lipinski definition) is 4. The number of ether oxygens (including phenoxy) is 2. The van der Waals surface area contributed by atoms with Crippen LogP contribution in [0.2, 0.25) is 0 Å². The van der Waals surface area contributed by atoms with E-state index in [2.05, 4.69) is 5.32 Å². The second kappa shape index (κ2) is 7.60. The van der Waals surface area contributed by atoms with Crippen LogP contribution in [0.15, 0.2) is 0 Å². The summed E-state index contributed by atoms with van der Waals surface area (Å²) in [5.41, 5.74) is 5.76. The van der Waals surface area contributed by atoms with Crippen molar-refractivity contribution in [2.45, 2.75) is 45.6 Å². The number of hydrogen-bond donors (Lipinski definition) is 2. The van der Waals surface area contributed by atoms with Crippen LogP contribution in [0.4, 0.5) is 0 Å². The first-order chi connectivity index (χ1) is 7.42.